The largest absolute Gasteiger partial charge is 0.347 e. The molecule has 1 heterocycles. The van der Waals surface area contributed by atoms with Crippen LogP contribution in [0.2, 0.25) is 0 Å². The van der Waals surface area contributed by atoms with Crippen LogP contribution in [0.1, 0.15) is 50.0 Å². The molecule has 2 heteroatoms. The van der Waals surface area contributed by atoms with E-state index in [4.69, 9.17) is 9.47 Å². The Balaban J connectivity index is 1.71. The van der Waals surface area contributed by atoms with Gasteiger partial charge >= 0.3 is 0 Å². The molecule has 108 valence electrons. The van der Waals surface area contributed by atoms with Crippen molar-refractivity contribution in [3.05, 3.63) is 35.9 Å². The van der Waals surface area contributed by atoms with Crippen LogP contribution in [0.4, 0.5) is 0 Å². The lowest BCUT2D eigenvalue weighted by atomic mass is 9.62. The molecule has 0 amide bonds. The molecule has 2 saturated carbocycles. The summed E-state index contributed by atoms with van der Waals surface area (Å²) in [5.74, 6) is 1.54. The Morgan fingerprint density at radius 2 is 1.60 bits per heavy atom. The highest BCUT2D eigenvalue weighted by Gasteiger charge is 2.56. The number of rotatable bonds is 1. The van der Waals surface area contributed by atoms with Crippen LogP contribution in [0, 0.1) is 11.8 Å². The minimum atomic E-state index is -0.315. The van der Waals surface area contributed by atoms with Crippen molar-refractivity contribution in [2.24, 2.45) is 11.8 Å². The first kappa shape index (κ1) is 12.8. The second-order valence-corrected chi connectivity index (χ2v) is 6.61. The third-order valence-corrected chi connectivity index (χ3v) is 5.68. The molecule has 0 N–H and O–H groups in total. The summed E-state index contributed by atoms with van der Waals surface area (Å²) in [4.78, 5) is 0. The van der Waals surface area contributed by atoms with Crippen LogP contribution in [-0.4, -0.2) is 19.0 Å². The van der Waals surface area contributed by atoms with Crippen molar-refractivity contribution >= 4 is 0 Å². The Hall–Kier alpha value is -0.860. The van der Waals surface area contributed by atoms with Gasteiger partial charge in [0.1, 0.15) is 0 Å². The normalized spacial score (nSPS) is 35.9. The summed E-state index contributed by atoms with van der Waals surface area (Å²) < 4.78 is 12.6. The molecule has 4 rings (SSSR count). The summed E-state index contributed by atoms with van der Waals surface area (Å²) in [5, 5.41) is 0. The minimum Gasteiger partial charge on any atom is -0.347 e. The molecule has 1 aliphatic heterocycles. The van der Waals surface area contributed by atoms with E-state index in [9.17, 15) is 0 Å². The highest BCUT2D eigenvalue weighted by molar-refractivity contribution is 5.24. The zero-order valence-electron chi connectivity index (χ0n) is 12.1. The quantitative estimate of drug-likeness (QED) is 0.766. The molecule has 1 aromatic carbocycles. The van der Waals surface area contributed by atoms with E-state index >= 15 is 0 Å². The molecular weight excluding hydrogens is 248 g/mol. The van der Waals surface area contributed by atoms with Crippen LogP contribution in [0.3, 0.4) is 0 Å². The molecule has 0 radical (unpaired) electrons. The SMILES string of the molecule is c1ccc(C2CC[C@@H]3CCCC[C@@H]3C23OCCO3)cc1. The Morgan fingerprint density at radius 3 is 2.40 bits per heavy atom. The van der Waals surface area contributed by atoms with Crippen molar-refractivity contribution in [1.29, 1.82) is 0 Å². The Kier molecular flexibility index (Phi) is 3.31. The molecule has 1 unspecified atom stereocenters. The summed E-state index contributed by atoms with van der Waals surface area (Å²) in [7, 11) is 0. The summed E-state index contributed by atoms with van der Waals surface area (Å²) in [6.45, 7) is 1.54. The molecule has 1 spiro atoms. The van der Waals surface area contributed by atoms with Crippen molar-refractivity contribution in [1.82, 2.24) is 0 Å². The van der Waals surface area contributed by atoms with Crippen LogP contribution in [0.15, 0.2) is 30.3 Å². The van der Waals surface area contributed by atoms with Gasteiger partial charge in [0.2, 0.25) is 0 Å². The number of hydrogen-bond donors (Lipinski definition) is 0. The van der Waals surface area contributed by atoms with Crippen LogP contribution < -0.4 is 0 Å². The Morgan fingerprint density at radius 1 is 0.850 bits per heavy atom. The standard InChI is InChI=1S/C18H24O2/c1-2-6-14(7-3-1)17-11-10-15-8-4-5-9-16(15)18(17)19-12-13-20-18/h1-3,6-7,15-17H,4-5,8-13H2/t15-,16-,17?/m0/s1. The Bertz CT molecular complexity index is 450. The first-order valence-electron chi connectivity index (χ1n) is 8.23. The predicted octanol–water partition coefficient (Wildman–Crippen LogP) is 4.11. The van der Waals surface area contributed by atoms with E-state index in [-0.39, 0.29) is 5.79 Å². The van der Waals surface area contributed by atoms with Gasteiger partial charge in [-0.2, -0.15) is 0 Å². The maximum Gasteiger partial charge on any atom is 0.178 e. The van der Waals surface area contributed by atoms with E-state index in [0.717, 1.165) is 19.1 Å². The molecule has 1 aromatic rings. The second-order valence-electron chi connectivity index (χ2n) is 6.61. The second kappa shape index (κ2) is 5.16. The highest BCUT2D eigenvalue weighted by atomic mass is 16.7. The fourth-order valence-corrected chi connectivity index (χ4v) is 4.87. The van der Waals surface area contributed by atoms with E-state index in [0.29, 0.717) is 11.8 Å². The van der Waals surface area contributed by atoms with Gasteiger partial charge in [-0.15, -0.1) is 0 Å². The Labute approximate surface area is 121 Å². The highest BCUT2D eigenvalue weighted by Crippen LogP contribution is 2.55. The molecule has 3 atom stereocenters. The van der Waals surface area contributed by atoms with Crippen LogP contribution in [-0.2, 0) is 9.47 Å². The average molecular weight is 272 g/mol. The molecule has 1 saturated heterocycles. The first-order valence-corrected chi connectivity index (χ1v) is 8.23. The van der Waals surface area contributed by atoms with E-state index in [2.05, 4.69) is 30.3 Å². The fourth-order valence-electron chi connectivity index (χ4n) is 4.87. The number of hydrogen-bond acceptors (Lipinski definition) is 2. The third-order valence-electron chi connectivity index (χ3n) is 5.68. The number of benzene rings is 1. The maximum atomic E-state index is 6.30. The van der Waals surface area contributed by atoms with Crippen LogP contribution >= 0.6 is 0 Å². The predicted molar refractivity (Wildman–Crippen MR) is 78.5 cm³/mol. The maximum absolute atomic E-state index is 6.30. The smallest absolute Gasteiger partial charge is 0.178 e. The van der Waals surface area contributed by atoms with Gasteiger partial charge in [-0.1, -0.05) is 43.2 Å². The molecule has 2 nitrogen and oxygen atoms in total. The third kappa shape index (κ3) is 1.93. The minimum absolute atomic E-state index is 0.315. The van der Waals surface area contributed by atoms with Crippen molar-refractivity contribution in [3.8, 4) is 0 Å². The van der Waals surface area contributed by atoms with E-state index in [1.165, 1.54) is 44.1 Å². The number of ether oxygens (including phenoxy) is 2. The molecule has 0 bridgehead atoms. The average Bonchev–Trinajstić information content (AvgIpc) is 2.99. The summed E-state index contributed by atoms with van der Waals surface area (Å²) in [6.07, 6.45) is 7.96. The fraction of sp³-hybridized carbons (Fsp3) is 0.667. The van der Waals surface area contributed by atoms with Crippen molar-refractivity contribution in [3.63, 3.8) is 0 Å². The van der Waals surface area contributed by atoms with Gasteiger partial charge in [0.25, 0.3) is 0 Å². The van der Waals surface area contributed by atoms with Crippen LogP contribution in [0.25, 0.3) is 0 Å². The van der Waals surface area contributed by atoms with Gasteiger partial charge in [0, 0.05) is 11.8 Å². The van der Waals surface area contributed by atoms with Crippen molar-refractivity contribution < 1.29 is 9.47 Å². The lowest BCUT2D eigenvalue weighted by Gasteiger charge is -2.51. The van der Waals surface area contributed by atoms with Gasteiger partial charge in [-0.3, -0.25) is 0 Å². The van der Waals surface area contributed by atoms with Crippen molar-refractivity contribution in [2.45, 2.75) is 50.2 Å². The first-order chi connectivity index (χ1) is 9.90. The van der Waals surface area contributed by atoms with Gasteiger partial charge in [0.05, 0.1) is 13.2 Å². The van der Waals surface area contributed by atoms with Gasteiger partial charge in [0.15, 0.2) is 5.79 Å². The zero-order valence-corrected chi connectivity index (χ0v) is 12.1. The molecular formula is C18H24O2. The molecule has 3 aliphatic rings. The molecule has 3 fully saturated rings. The number of fused-ring (bicyclic) bond motifs is 2. The molecule has 0 aromatic heterocycles. The lowest BCUT2D eigenvalue weighted by molar-refractivity contribution is -0.245. The topological polar surface area (TPSA) is 18.5 Å². The van der Waals surface area contributed by atoms with Gasteiger partial charge in [-0.05, 0) is 37.2 Å². The molecule has 2 aliphatic carbocycles. The van der Waals surface area contributed by atoms with E-state index in [1.54, 1.807) is 0 Å². The summed E-state index contributed by atoms with van der Waals surface area (Å²) in [5.41, 5.74) is 1.40. The van der Waals surface area contributed by atoms with Crippen LogP contribution in [0.5, 0.6) is 0 Å². The summed E-state index contributed by atoms with van der Waals surface area (Å²) in [6, 6.07) is 10.9. The zero-order chi connectivity index (χ0) is 13.4. The molecule has 20 heavy (non-hydrogen) atoms. The van der Waals surface area contributed by atoms with E-state index in [1.807, 2.05) is 0 Å². The van der Waals surface area contributed by atoms with Gasteiger partial charge < -0.3 is 9.47 Å². The van der Waals surface area contributed by atoms with Gasteiger partial charge in [-0.25, -0.2) is 0 Å². The van der Waals surface area contributed by atoms with Crippen molar-refractivity contribution in [2.75, 3.05) is 13.2 Å². The summed E-state index contributed by atoms with van der Waals surface area (Å²) >= 11 is 0. The lowest BCUT2D eigenvalue weighted by Crippen LogP contribution is -2.52. The monoisotopic (exact) mass is 272 g/mol. The van der Waals surface area contributed by atoms with E-state index < -0.39 is 0 Å².